The molecule has 1 heterocycles. The number of hydrogen-bond acceptors (Lipinski definition) is 5. The minimum atomic E-state index is -3.30. The van der Waals surface area contributed by atoms with Gasteiger partial charge in [0.25, 0.3) is 5.91 Å². The number of nitrogens with two attached hydrogens (primary N) is 2. The topological polar surface area (TPSA) is 108 Å². The predicted octanol–water partition coefficient (Wildman–Crippen LogP) is 1.36. The molecule has 1 amide bonds. The first-order valence-corrected chi connectivity index (χ1v) is 8.19. The lowest BCUT2D eigenvalue weighted by atomic mass is 10.0. The first-order valence-electron chi connectivity index (χ1n) is 5.73. The summed E-state index contributed by atoms with van der Waals surface area (Å²) in [6.07, 6.45) is 0.472. The average Bonchev–Trinajstić information content (AvgIpc) is 2.76. The molecule has 0 aliphatic rings. The summed E-state index contributed by atoms with van der Waals surface area (Å²) in [5.41, 5.74) is 5.70. The molecule has 0 aromatic carbocycles. The third-order valence-electron chi connectivity index (χ3n) is 2.35. The molecule has 0 aliphatic carbocycles. The normalized spacial score (nSPS) is 15.9. The molecular formula is C11H19N3O3S2. The van der Waals surface area contributed by atoms with Crippen LogP contribution in [0.25, 0.3) is 0 Å². The number of carbonyl (C=O) groups is 1. The van der Waals surface area contributed by atoms with Gasteiger partial charge in [-0.3, -0.25) is 4.79 Å². The summed E-state index contributed by atoms with van der Waals surface area (Å²) in [5, 5.41) is 7.32. The minimum absolute atomic E-state index is 0.249. The van der Waals surface area contributed by atoms with Crippen LogP contribution in [0.3, 0.4) is 0 Å². The van der Waals surface area contributed by atoms with Crippen LogP contribution >= 0.6 is 11.3 Å². The van der Waals surface area contributed by atoms with Gasteiger partial charge < -0.3 is 10.5 Å². The van der Waals surface area contributed by atoms with Crippen molar-refractivity contribution in [3.63, 3.8) is 0 Å². The molecule has 1 aromatic rings. The van der Waals surface area contributed by atoms with Crippen molar-refractivity contribution in [2.75, 3.05) is 7.11 Å². The number of methoxy groups -OCH3 is 1. The Balaban J connectivity index is 3.03. The van der Waals surface area contributed by atoms with E-state index < -0.39 is 21.9 Å². The molecule has 8 heteroatoms. The van der Waals surface area contributed by atoms with Gasteiger partial charge in [0.15, 0.2) is 14.1 Å². The van der Waals surface area contributed by atoms with E-state index in [-0.39, 0.29) is 10.1 Å². The van der Waals surface area contributed by atoms with Gasteiger partial charge in [0.05, 0.1) is 13.2 Å². The highest BCUT2D eigenvalue weighted by Crippen LogP contribution is 2.29. The Morgan fingerprint density at radius 1 is 1.58 bits per heavy atom. The van der Waals surface area contributed by atoms with Crippen LogP contribution in [0, 0.1) is 5.92 Å². The Morgan fingerprint density at radius 2 is 2.21 bits per heavy atom. The van der Waals surface area contributed by atoms with Crippen molar-refractivity contribution in [2.45, 2.75) is 30.5 Å². The third kappa shape index (κ3) is 4.27. The molecular weight excluding hydrogens is 286 g/mol. The molecule has 1 unspecified atom stereocenters. The van der Waals surface area contributed by atoms with Crippen molar-refractivity contribution >= 4 is 27.2 Å². The Morgan fingerprint density at radius 3 is 2.74 bits per heavy atom. The maximum atomic E-state index is 12.3. The Labute approximate surface area is 117 Å². The molecule has 4 N–H and O–H groups in total. The maximum Gasteiger partial charge on any atom is 0.271 e. The lowest BCUT2D eigenvalue weighted by Crippen LogP contribution is -2.32. The van der Waals surface area contributed by atoms with Gasteiger partial charge in [-0.15, -0.1) is 15.7 Å². The van der Waals surface area contributed by atoms with E-state index in [0.717, 1.165) is 11.3 Å². The molecule has 6 nitrogen and oxygen atoms in total. The second-order valence-electron chi connectivity index (χ2n) is 4.51. The van der Waals surface area contributed by atoms with Crippen molar-refractivity contribution in [3.05, 3.63) is 11.4 Å². The molecule has 1 aromatic heterocycles. The highest BCUT2D eigenvalue weighted by atomic mass is 32.2. The molecule has 1 rings (SSSR count). The summed E-state index contributed by atoms with van der Waals surface area (Å²) in [7, 11) is -1.86. The van der Waals surface area contributed by atoms with Gasteiger partial charge in [0.2, 0.25) is 0 Å². The van der Waals surface area contributed by atoms with Gasteiger partial charge in [0, 0.05) is 0 Å². The van der Waals surface area contributed by atoms with Crippen molar-refractivity contribution in [1.82, 2.24) is 0 Å². The summed E-state index contributed by atoms with van der Waals surface area (Å²) in [4.78, 5) is 11.8. The number of rotatable bonds is 5. The second-order valence-corrected chi connectivity index (χ2v) is 7.41. The zero-order valence-corrected chi connectivity index (χ0v) is 12.8. The van der Waals surface area contributed by atoms with Gasteiger partial charge in [-0.05, 0) is 23.8 Å². The highest BCUT2D eigenvalue weighted by molar-refractivity contribution is 7.93. The number of thiophene rings is 1. The van der Waals surface area contributed by atoms with Gasteiger partial charge in [-0.2, -0.15) is 0 Å². The minimum Gasteiger partial charge on any atom is -0.495 e. The first-order chi connectivity index (χ1) is 8.77. The van der Waals surface area contributed by atoms with E-state index in [0.29, 0.717) is 12.2 Å². The Hall–Kier alpha value is -0.960. The van der Waals surface area contributed by atoms with E-state index in [1.165, 1.54) is 7.11 Å². The van der Waals surface area contributed by atoms with Crippen LogP contribution < -0.4 is 15.6 Å². The van der Waals surface area contributed by atoms with E-state index in [1.807, 2.05) is 13.8 Å². The molecule has 108 valence electrons. The zero-order valence-electron chi connectivity index (χ0n) is 11.2. The molecule has 2 atom stereocenters. The molecule has 0 saturated heterocycles. The maximum absolute atomic E-state index is 12.3. The monoisotopic (exact) mass is 305 g/mol. The van der Waals surface area contributed by atoms with Gasteiger partial charge >= 0.3 is 0 Å². The quantitative estimate of drug-likeness (QED) is 0.856. The van der Waals surface area contributed by atoms with Crippen molar-refractivity contribution in [2.24, 2.45) is 21.2 Å². The highest BCUT2D eigenvalue weighted by Gasteiger charge is 2.20. The number of amides is 1. The molecule has 0 saturated carbocycles. The van der Waals surface area contributed by atoms with E-state index in [4.69, 9.17) is 15.6 Å². The van der Waals surface area contributed by atoms with Crippen LogP contribution in [-0.4, -0.2) is 23.3 Å². The lowest BCUT2D eigenvalue weighted by Gasteiger charge is -2.11. The second kappa shape index (κ2) is 6.47. The van der Waals surface area contributed by atoms with E-state index in [9.17, 15) is 9.00 Å². The smallest absolute Gasteiger partial charge is 0.271 e. The molecule has 0 aliphatic heterocycles. The van der Waals surface area contributed by atoms with Gasteiger partial charge in [-0.25, -0.2) is 9.35 Å². The summed E-state index contributed by atoms with van der Waals surface area (Å²) >= 11 is 1.14. The Kier molecular flexibility index (Phi) is 5.48. The fraction of sp³-hybridized carbons (Fsp3) is 0.545. The number of ether oxygens (including phenoxy) is 1. The first kappa shape index (κ1) is 16.1. The predicted molar refractivity (Wildman–Crippen MR) is 76.3 cm³/mol. The molecule has 0 fully saturated rings. The van der Waals surface area contributed by atoms with Crippen LogP contribution in [0.2, 0.25) is 0 Å². The largest absolute Gasteiger partial charge is 0.495 e. The van der Waals surface area contributed by atoms with Crippen LogP contribution in [0.5, 0.6) is 5.75 Å². The fourth-order valence-electron chi connectivity index (χ4n) is 1.50. The van der Waals surface area contributed by atoms with E-state index >= 15 is 0 Å². The van der Waals surface area contributed by atoms with Crippen LogP contribution in [0.4, 0.5) is 0 Å². The van der Waals surface area contributed by atoms with Crippen molar-refractivity contribution in [3.8, 4) is 5.75 Å². The third-order valence-corrected chi connectivity index (χ3v) is 5.23. The fourth-order valence-corrected chi connectivity index (χ4v) is 3.84. The summed E-state index contributed by atoms with van der Waals surface area (Å²) < 4.78 is 21.2. The molecule has 19 heavy (non-hydrogen) atoms. The lowest BCUT2D eigenvalue weighted by molar-refractivity contribution is -0.119. The van der Waals surface area contributed by atoms with E-state index in [2.05, 4.69) is 4.36 Å². The standard InChI is InChI=1S/C11H19N3O3S2/c1-7(2)6-8(12)10(15)14-19(13,16)11-9(17-3)4-5-18-11/h4-5,7-8H,6,12H2,1-3H3,(H2,13,14,15,16)/t8-,19?/m0/s1. The van der Waals surface area contributed by atoms with Crippen molar-refractivity contribution in [1.29, 1.82) is 0 Å². The number of nitrogens with zero attached hydrogens (tertiary/aromatic N) is 1. The summed E-state index contributed by atoms with van der Waals surface area (Å²) in [6, 6.07) is 0.843. The molecule has 0 radical (unpaired) electrons. The molecule has 0 spiro atoms. The van der Waals surface area contributed by atoms with Crippen molar-refractivity contribution < 1.29 is 13.7 Å². The van der Waals surface area contributed by atoms with Gasteiger partial charge in [-0.1, -0.05) is 13.8 Å². The van der Waals surface area contributed by atoms with E-state index in [1.54, 1.807) is 11.4 Å². The summed E-state index contributed by atoms with van der Waals surface area (Å²) in [5.74, 6) is -0.0256. The van der Waals surface area contributed by atoms with Crippen LogP contribution in [-0.2, 0) is 14.7 Å². The zero-order chi connectivity index (χ0) is 14.6. The van der Waals surface area contributed by atoms with Gasteiger partial charge in [0.1, 0.15) is 5.75 Å². The van der Waals surface area contributed by atoms with Crippen LogP contribution in [0.1, 0.15) is 20.3 Å². The van der Waals surface area contributed by atoms with Crippen LogP contribution in [0.15, 0.2) is 20.0 Å². The number of hydrogen-bond donors (Lipinski definition) is 2. The average molecular weight is 305 g/mol. The molecule has 0 bridgehead atoms. The number of carbonyl (C=O) groups excluding carboxylic acids is 1. The Bertz CT molecular complexity index is 559. The summed E-state index contributed by atoms with van der Waals surface area (Å²) in [6.45, 7) is 3.88. The SMILES string of the molecule is COc1ccsc1S(N)(=O)=NC(=O)[C@@H](N)CC(C)C.